The topological polar surface area (TPSA) is 69.2 Å². The van der Waals surface area contributed by atoms with E-state index in [-0.39, 0.29) is 11.3 Å². The van der Waals surface area contributed by atoms with Crippen LogP contribution in [0.2, 0.25) is 0 Å². The second-order valence-corrected chi connectivity index (χ2v) is 3.43. The van der Waals surface area contributed by atoms with Crippen LogP contribution < -0.4 is 5.73 Å². The zero-order valence-corrected chi connectivity index (χ0v) is 8.73. The summed E-state index contributed by atoms with van der Waals surface area (Å²) < 4.78 is 13.0. The molecule has 2 N–H and O–H groups in total. The highest BCUT2D eigenvalue weighted by atomic mass is 19.1. The summed E-state index contributed by atoms with van der Waals surface area (Å²) in [6.45, 7) is 3.54. The van der Waals surface area contributed by atoms with Crippen molar-refractivity contribution in [2.45, 2.75) is 18.9 Å². The number of benzene rings is 1. The number of nitro benzene ring substituents is 1. The molecule has 5 heteroatoms. The van der Waals surface area contributed by atoms with Gasteiger partial charge in [-0.15, -0.1) is 6.58 Å². The van der Waals surface area contributed by atoms with E-state index in [1.165, 1.54) is 0 Å². The van der Waals surface area contributed by atoms with Crippen LogP contribution in [0, 0.1) is 15.9 Å². The zero-order chi connectivity index (χ0) is 12.1. The first kappa shape index (κ1) is 12.3. The largest absolute Gasteiger partial charge is 0.324 e. The molecule has 0 saturated carbocycles. The fourth-order valence-electron chi connectivity index (χ4n) is 1.44. The third-order valence-corrected chi connectivity index (χ3v) is 2.27. The summed E-state index contributed by atoms with van der Waals surface area (Å²) in [5.74, 6) is -0.519. The van der Waals surface area contributed by atoms with E-state index < -0.39 is 16.8 Å². The summed E-state index contributed by atoms with van der Waals surface area (Å²) in [5, 5.41) is 10.7. The number of nitrogens with zero attached hydrogens (tertiary/aromatic N) is 1. The quantitative estimate of drug-likeness (QED) is 0.475. The van der Waals surface area contributed by atoms with Crippen molar-refractivity contribution >= 4 is 5.69 Å². The molecule has 0 radical (unpaired) electrons. The maximum atomic E-state index is 13.0. The van der Waals surface area contributed by atoms with Crippen molar-refractivity contribution in [3.8, 4) is 0 Å². The second kappa shape index (κ2) is 5.37. The number of nitro groups is 1. The van der Waals surface area contributed by atoms with Crippen molar-refractivity contribution in [2.24, 2.45) is 5.73 Å². The lowest BCUT2D eigenvalue weighted by molar-refractivity contribution is -0.385. The Bertz CT molecular complexity index is 407. The van der Waals surface area contributed by atoms with Crippen molar-refractivity contribution in [1.82, 2.24) is 0 Å². The molecule has 0 aliphatic rings. The van der Waals surface area contributed by atoms with Gasteiger partial charge in [0.05, 0.1) is 4.92 Å². The molecule has 0 spiro atoms. The predicted molar refractivity (Wildman–Crippen MR) is 59.4 cm³/mol. The van der Waals surface area contributed by atoms with Gasteiger partial charge in [-0.05, 0) is 25.0 Å². The normalized spacial score (nSPS) is 12.1. The van der Waals surface area contributed by atoms with Gasteiger partial charge in [0.25, 0.3) is 5.69 Å². The van der Waals surface area contributed by atoms with Gasteiger partial charge in [0, 0.05) is 17.7 Å². The Balaban J connectivity index is 3.03. The number of rotatable bonds is 5. The maximum Gasteiger partial charge on any atom is 0.274 e. The minimum absolute atomic E-state index is 0.141. The fraction of sp³-hybridized carbons (Fsp3) is 0.273. The van der Waals surface area contributed by atoms with Crippen LogP contribution in [-0.4, -0.2) is 4.92 Å². The van der Waals surface area contributed by atoms with E-state index in [1.54, 1.807) is 6.08 Å². The Morgan fingerprint density at radius 1 is 1.62 bits per heavy atom. The first-order valence-electron chi connectivity index (χ1n) is 4.86. The molecule has 0 fully saturated rings. The molecule has 0 heterocycles. The van der Waals surface area contributed by atoms with Gasteiger partial charge in [0.2, 0.25) is 0 Å². The van der Waals surface area contributed by atoms with E-state index in [9.17, 15) is 14.5 Å². The van der Waals surface area contributed by atoms with E-state index in [4.69, 9.17) is 5.73 Å². The van der Waals surface area contributed by atoms with E-state index in [1.807, 2.05) is 0 Å². The number of nitrogens with two attached hydrogens (primary N) is 1. The molecule has 0 amide bonds. The van der Waals surface area contributed by atoms with Crippen LogP contribution in [0.3, 0.4) is 0 Å². The number of hydrogen-bond acceptors (Lipinski definition) is 3. The lowest BCUT2D eigenvalue weighted by Crippen LogP contribution is -2.12. The monoisotopic (exact) mass is 224 g/mol. The van der Waals surface area contributed by atoms with E-state index >= 15 is 0 Å². The van der Waals surface area contributed by atoms with Crippen LogP contribution in [0.25, 0.3) is 0 Å². The van der Waals surface area contributed by atoms with Gasteiger partial charge in [-0.1, -0.05) is 6.08 Å². The molecule has 1 aromatic carbocycles. The Hall–Kier alpha value is -1.75. The van der Waals surface area contributed by atoms with Gasteiger partial charge in [0.15, 0.2) is 0 Å². The molecule has 0 aliphatic heterocycles. The van der Waals surface area contributed by atoms with E-state index in [0.29, 0.717) is 12.8 Å². The number of hydrogen-bond donors (Lipinski definition) is 1. The molecule has 0 aliphatic carbocycles. The van der Waals surface area contributed by atoms with Crippen LogP contribution in [0.15, 0.2) is 30.9 Å². The van der Waals surface area contributed by atoms with Crippen LogP contribution in [0.4, 0.5) is 10.1 Å². The van der Waals surface area contributed by atoms with Gasteiger partial charge in [-0.25, -0.2) is 4.39 Å². The highest BCUT2D eigenvalue weighted by Gasteiger charge is 2.19. The van der Waals surface area contributed by atoms with Crippen LogP contribution in [-0.2, 0) is 0 Å². The molecule has 4 nitrogen and oxygen atoms in total. The fourth-order valence-corrected chi connectivity index (χ4v) is 1.44. The van der Waals surface area contributed by atoms with Crippen molar-refractivity contribution in [1.29, 1.82) is 0 Å². The van der Waals surface area contributed by atoms with Gasteiger partial charge in [-0.2, -0.15) is 0 Å². The molecule has 86 valence electrons. The molecular formula is C11H13FN2O2. The van der Waals surface area contributed by atoms with Gasteiger partial charge in [0.1, 0.15) is 5.82 Å². The minimum Gasteiger partial charge on any atom is -0.324 e. The predicted octanol–water partition coefficient (Wildman–Crippen LogP) is 2.70. The highest BCUT2D eigenvalue weighted by Crippen LogP contribution is 2.27. The van der Waals surface area contributed by atoms with Crippen LogP contribution in [0.1, 0.15) is 24.4 Å². The summed E-state index contributed by atoms with van der Waals surface area (Å²) in [4.78, 5) is 10.2. The van der Waals surface area contributed by atoms with Gasteiger partial charge >= 0.3 is 0 Å². The lowest BCUT2D eigenvalue weighted by Gasteiger charge is -2.11. The molecule has 1 aromatic rings. The molecule has 16 heavy (non-hydrogen) atoms. The molecule has 1 atom stereocenters. The average Bonchev–Trinajstić information content (AvgIpc) is 2.25. The molecular weight excluding hydrogens is 211 g/mol. The number of allylic oxidation sites excluding steroid dienone is 1. The van der Waals surface area contributed by atoms with Crippen molar-refractivity contribution in [3.63, 3.8) is 0 Å². The van der Waals surface area contributed by atoms with E-state index in [2.05, 4.69) is 6.58 Å². The van der Waals surface area contributed by atoms with Gasteiger partial charge in [-0.3, -0.25) is 10.1 Å². The first-order chi connectivity index (χ1) is 7.56. The highest BCUT2D eigenvalue weighted by molar-refractivity contribution is 5.42. The summed E-state index contributed by atoms with van der Waals surface area (Å²) >= 11 is 0. The minimum atomic E-state index is -0.553. The molecule has 0 saturated heterocycles. The van der Waals surface area contributed by atoms with Crippen LogP contribution >= 0.6 is 0 Å². The molecule has 1 rings (SSSR count). The van der Waals surface area contributed by atoms with Crippen molar-refractivity contribution < 1.29 is 9.31 Å². The molecule has 0 unspecified atom stereocenters. The van der Waals surface area contributed by atoms with Crippen molar-refractivity contribution in [3.05, 3.63) is 52.3 Å². The van der Waals surface area contributed by atoms with Crippen molar-refractivity contribution in [2.75, 3.05) is 0 Å². The summed E-state index contributed by atoms with van der Waals surface area (Å²) in [7, 11) is 0. The third kappa shape index (κ3) is 2.87. The summed E-state index contributed by atoms with van der Waals surface area (Å²) in [5.41, 5.74) is 5.86. The smallest absolute Gasteiger partial charge is 0.274 e. The first-order valence-corrected chi connectivity index (χ1v) is 4.86. The zero-order valence-electron chi connectivity index (χ0n) is 8.73. The Kier molecular flexibility index (Phi) is 4.13. The third-order valence-electron chi connectivity index (χ3n) is 2.27. The number of halogens is 1. The molecule has 0 aromatic heterocycles. The Morgan fingerprint density at radius 3 is 2.88 bits per heavy atom. The average molecular weight is 224 g/mol. The second-order valence-electron chi connectivity index (χ2n) is 3.43. The Labute approximate surface area is 92.7 Å². The standard InChI is InChI=1S/C11H13FN2O2/c1-2-3-4-10(13)9-7-8(12)5-6-11(9)14(15)16/h2,5-7,10H,1,3-4,13H2/t10-/m0/s1. The Morgan fingerprint density at radius 2 is 2.31 bits per heavy atom. The van der Waals surface area contributed by atoms with Gasteiger partial charge < -0.3 is 5.73 Å². The summed E-state index contributed by atoms with van der Waals surface area (Å²) in [6, 6.07) is 2.76. The van der Waals surface area contributed by atoms with Crippen LogP contribution in [0.5, 0.6) is 0 Å². The lowest BCUT2D eigenvalue weighted by atomic mass is 10.0. The summed E-state index contributed by atoms with van der Waals surface area (Å²) in [6.07, 6.45) is 2.81. The maximum absolute atomic E-state index is 13.0. The molecule has 0 bridgehead atoms. The SMILES string of the molecule is C=CCC[C@H](N)c1cc(F)ccc1[N+](=O)[O-]. The van der Waals surface area contributed by atoms with E-state index in [0.717, 1.165) is 18.2 Å².